The second kappa shape index (κ2) is 10.3. The Hall–Kier alpha value is -3.60. The minimum Gasteiger partial charge on any atom is -0.376 e. The van der Waals surface area contributed by atoms with Crippen molar-refractivity contribution in [3.05, 3.63) is 89.5 Å². The fourth-order valence-corrected chi connectivity index (χ4v) is 3.27. The molecule has 154 valence electrons. The first-order valence-corrected chi connectivity index (χ1v) is 10.0. The first-order chi connectivity index (χ1) is 14.5. The van der Waals surface area contributed by atoms with E-state index in [-0.39, 0.29) is 18.4 Å². The van der Waals surface area contributed by atoms with Crippen LogP contribution in [0.1, 0.15) is 23.1 Å². The van der Waals surface area contributed by atoms with Crippen LogP contribution in [0.5, 0.6) is 0 Å². The van der Waals surface area contributed by atoms with Crippen LogP contribution in [0.25, 0.3) is 0 Å². The molecule has 0 bridgehead atoms. The number of nitrogens with one attached hydrogen (secondary N) is 3. The largest absolute Gasteiger partial charge is 0.376 e. The van der Waals surface area contributed by atoms with Gasteiger partial charge in [0.2, 0.25) is 11.8 Å². The van der Waals surface area contributed by atoms with Crippen LogP contribution in [0, 0.1) is 13.8 Å². The number of carbonyl (C=O) groups excluding carboxylic acids is 2. The predicted octanol–water partition coefficient (Wildman–Crippen LogP) is 4.93. The molecular formula is C25H27N3O2. The summed E-state index contributed by atoms with van der Waals surface area (Å²) in [6.07, 6.45) is 1.11. The molecule has 0 atom stereocenters. The summed E-state index contributed by atoms with van der Waals surface area (Å²) >= 11 is 0. The van der Waals surface area contributed by atoms with Gasteiger partial charge >= 0.3 is 0 Å². The van der Waals surface area contributed by atoms with Gasteiger partial charge < -0.3 is 16.0 Å². The van der Waals surface area contributed by atoms with E-state index in [1.54, 1.807) is 0 Å². The van der Waals surface area contributed by atoms with Gasteiger partial charge in [0.1, 0.15) is 0 Å². The zero-order chi connectivity index (χ0) is 21.3. The second-order valence-corrected chi connectivity index (χ2v) is 7.39. The standard InChI is InChI=1S/C25H27N3O2/c1-18-13-19(2)15-23(14-18)28-25(30)17-26-21-9-6-10-22(16-21)27-24(29)12-11-20-7-4-3-5-8-20/h3-10,13-16,26H,11-12,17H2,1-2H3,(H,27,29)(H,28,30). The van der Waals surface area contributed by atoms with E-state index in [9.17, 15) is 9.59 Å². The molecule has 0 radical (unpaired) electrons. The first kappa shape index (κ1) is 21.1. The van der Waals surface area contributed by atoms with Crippen LogP contribution in [-0.4, -0.2) is 18.4 Å². The van der Waals surface area contributed by atoms with Gasteiger partial charge in [-0.05, 0) is 67.3 Å². The number of hydrogen-bond acceptors (Lipinski definition) is 3. The van der Waals surface area contributed by atoms with Crippen LogP contribution in [0.2, 0.25) is 0 Å². The third-order valence-corrected chi connectivity index (χ3v) is 4.59. The number of amides is 2. The summed E-state index contributed by atoms with van der Waals surface area (Å²) in [7, 11) is 0. The molecule has 0 aromatic heterocycles. The summed E-state index contributed by atoms with van der Waals surface area (Å²) in [5.41, 5.74) is 5.61. The molecule has 0 aliphatic carbocycles. The first-order valence-electron chi connectivity index (χ1n) is 10.0. The van der Waals surface area contributed by atoms with Crippen molar-refractivity contribution >= 4 is 28.9 Å². The quantitative estimate of drug-likeness (QED) is 0.501. The maximum Gasteiger partial charge on any atom is 0.243 e. The molecule has 3 rings (SSSR count). The average Bonchev–Trinajstić information content (AvgIpc) is 2.71. The Labute approximate surface area is 177 Å². The summed E-state index contributed by atoms with van der Waals surface area (Å²) in [6.45, 7) is 4.14. The van der Waals surface area contributed by atoms with Gasteiger partial charge in [0.25, 0.3) is 0 Å². The van der Waals surface area contributed by atoms with Gasteiger partial charge in [0, 0.05) is 23.5 Å². The highest BCUT2D eigenvalue weighted by Crippen LogP contribution is 2.16. The van der Waals surface area contributed by atoms with Crippen molar-refractivity contribution in [2.75, 3.05) is 22.5 Å². The van der Waals surface area contributed by atoms with Crippen LogP contribution in [0.3, 0.4) is 0 Å². The Balaban J connectivity index is 1.48. The average molecular weight is 402 g/mol. The van der Waals surface area contributed by atoms with Gasteiger partial charge in [-0.15, -0.1) is 0 Å². The van der Waals surface area contributed by atoms with Crippen LogP contribution >= 0.6 is 0 Å². The number of benzene rings is 3. The normalized spacial score (nSPS) is 10.3. The van der Waals surface area contributed by atoms with Gasteiger partial charge in [-0.25, -0.2) is 0 Å². The van der Waals surface area contributed by atoms with Gasteiger partial charge in [-0.1, -0.05) is 42.5 Å². The Morgan fingerprint density at radius 3 is 2.10 bits per heavy atom. The van der Waals surface area contributed by atoms with Gasteiger partial charge in [-0.3, -0.25) is 9.59 Å². The Bertz CT molecular complexity index is 996. The number of rotatable bonds is 8. The van der Waals surface area contributed by atoms with E-state index >= 15 is 0 Å². The molecule has 3 aromatic rings. The molecule has 0 aliphatic rings. The van der Waals surface area contributed by atoms with Crippen LogP contribution in [-0.2, 0) is 16.0 Å². The molecule has 2 amide bonds. The Kier molecular flexibility index (Phi) is 7.22. The van der Waals surface area contributed by atoms with E-state index in [4.69, 9.17) is 0 Å². The molecule has 0 spiro atoms. The Morgan fingerprint density at radius 1 is 0.700 bits per heavy atom. The smallest absolute Gasteiger partial charge is 0.243 e. The highest BCUT2D eigenvalue weighted by molar-refractivity contribution is 5.94. The highest BCUT2D eigenvalue weighted by atomic mass is 16.2. The minimum absolute atomic E-state index is 0.0384. The third-order valence-electron chi connectivity index (χ3n) is 4.59. The van der Waals surface area contributed by atoms with E-state index in [1.807, 2.05) is 80.6 Å². The topological polar surface area (TPSA) is 70.2 Å². The summed E-state index contributed by atoms with van der Waals surface area (Å²) < 4.78 is 0. The summed E-state index contributed by atoms with van der Waals surface area (Å²) in [5.74, 6) is -0.166. The van der Waals surface area contributed by atoms with Crippen molar-refractivity contribution in [3.63, 3.8) is 0 Å². The molecular weight excluding hydrogens is 374 g/mol. The lowest BCUT2D eigenvalue weighted by Crippen LogP contribution is -2.22. The van der Waals surface area contributed by atoms with Crippen molar-refractivity contribution in [2.24, 2.45) is 0 Å². The van der Waals surface area contributed by atoms with Gasteiger partial charge in [0.05, 0.1) is 6.54 Å². The lowest BCUT2D eigenvalue weighted by Gasteiger charge is -2.11. The summed E-state index contributed by atoms with van der Waals surface area (Å²) in [6, 6.07) is 23.2. The van der Waals surface area contributed by atoms with Crippen molar-refractivity contribution in [1.82, 2.24) is 0 Å². The molecule has 0 aliphatic heterocycles. The maximum atomic E-state index is 12.2. The van der Waals surface area contributed by atoms with Crippen molar-refractivity contribution in [1.29, 1.82) is 0 Å². The zero-order valence-corrected chi connectivity index (χ0v) is 17.4. The summed E-state index contributed by atoms with van der Waals surface area (Å²) in [4.78, 5) is 24.5. The highest BCUT2D eigenvalue weighted by Gasteiger charge is 2.06. The number of anilines is 3. The van der Waals surface area contributed by atoms with E-state index in [1.165, 1.54) is 0 Å². The molecule has 3 aromatic carbocycles. The van der Waals surface area contributed by atoms with Crippen molar-refractivity contribution in [3.8, 4) is 0 Å². The number of aryl methyl sites for hydroxylation is 3. The van der Waals surface area contributed by atoms with E-state index in [0.29, 0.717) is 18.5 Å². The molecule has 0 heterocycles. The SMILES string of the molecule is Cc1cc(C)cc(NC(=O)CNc2cccc(NC(=O)CCc3ccccc3)c2)c1. The lowest BCUT2D eigenvalue weighted by molar-refractivity contribution is -0.116. The molecule has 30 heavy (non-hydrogen) atoms. The van der Waals surface area contributed by atoms with Crippen molar-refractivity contribution in [2.45, 2.75) is 26.7 Å². The van der Waals surface area contributed by atoms with E-state index < -0.39 is 0 Å². The summed E-state index contributed by atoms with van der Waals surface area (Å²) in [5, 5.41) is 8.92. The number of carbonyl (C=O) groups is 2. The van der Waals surface area contributed by atoms with Gasteiger partial charge in [0.15, 0.2) is 0 Å². The molecule has 0 saturated carbocycles. The molecule has 0 fully saturated rings. The molecule has 5 heteroatoms. The lowest BCUT2D eigenvalue weighted by atomic mass is 10.1. The zero-order valence-electron chi connectivity index (χ0n) is 17.4. The van der Waals surface area contributed by atoms with E-state index in [2.05, 4.69) is 22.0 Å². The van der Waals surface area contributed by atoms with Crippen LogP contribution in [0.4, 0.5) is 17.1 Å². The maximum absolute atomic E-state index is 12.2. The van der Waals surface area contributed by atoms with Crippen LogP contribution in [0.15, 0.2) is 72.8 Å². The second-order valence-electron chi connectivity index (χ2n) is 7.39. The molecule has 3 N–H and O–H groups in total. The predicted molar refractivity (Wildman–Crippen MR) is 123 cm³/mol. The molecule has 5 nitrogen and oxygen atoms in total. The minimum atomic E-state index is -0.128. The van der Waals surface area contributed by atoms with Crippen LogP contribution < -0.4 is 16.0 Å². The monoisotopic (exact) mass is 401 g/mol. The van der Waals surface area contributed by atoms with Crippen molar-refractivity contribution < 1.29 is 9.59 Å². The number of hydrogen-bond donors (Lipinski definition) is 3. The fourth-order valence-electron chi connectivity index (χ4n) is 3.27. The Morgan fingerprint density at radius 2 is 1.37 bits per heavy atom. The van der Waals surface area contributed by atoms with E-state index in [0.717, 1.165) is 28.1 Å². The fraction of sp³-hybridized carbons (Fsp3) is 0.200. The van der Waals surface area contributed by atoms with Gasteiger partial charge in [-0.2, -0.15) is 0 Å². The molecule has 0 unspecified atom stereocenters. The third kappa shape index (κ3) is 6.78. The molecule has 0 saturated heterocycles.